The molecule has 0 aliphatic rings. The van der Waals surface area contributed by atoms with Crippen LogP contribution in [0.15, 0.2) is 97.1 Å². The first-order valence-electron chi connectivity index (χ1n) is 40.4. The van der Waals surface area contributed by atoms with E-state index in [9.17, 15) is 19.8 Å². The van der Waals surface area contributed by atoms with Crippen LogP contribution in [0.25, 0.3) is 0 Å². The third-order valence-electron chi connectivity index (χ3n) is 19.8. The topological polar surface area (TPSA) is 74.6 Å². The lowest BCUT2D eigenvalue weighted by atomic mass is 9.90. The van der Waals surface area contributed by atoms with Crippen LogP contribution in [-0.4, -0.2) is 22.2 Å². The summed E-state index contributed by atoms with van der Waals surface area (Å²) in [6.45, 7) is 18.2. The van der Waals surface area contributed by atoms with Crippen molar-refractivity contribution in [2.75, 3.05) is 0 Å². The van der Waals surface area contributed by atoms with Gasteiger partial charge in [0.25, 0.3) is 0 Å². The Morgan fingerprint density at radius 2 is 0.392 bits per heavy atom. The number of aryl methyl sites for hydroxylation is 8. The van der Waals surface area contributed by atoms with Gasteiger partial charge < -0.3 is 10.2 Å². The molecule has 6 aromatic rings. The number of carboxylic acids is 2. The zero-order chi connectivity index (χ0) is 72.8. The highest BCUT2D eigenvalue weighted by Crippen LogP contribution is 2.28. The summed E-state index contributed by atoms with van der Waals surface area (Å²) in [5, 5.41) is 19.1. The van der Waals surface area contributed by atoms with E-state index in [1.165, 1.54) is 199 Å². The van der Waals surface area contributed by atoms with Gasteiger partial charge in [-0.3, -0.25) is 0 Å². The van der Waals surface area contributed by atoms with E-state index in [2.05, 4.69) is 175 Å². The predicted octanol–water partition coefficient (Wildman–Crippen LogP) is 25.1. The molecule has 0 aliphatic heterocycles. The number of aromatic carboxylic acids is 2. The summed E-state index contributed by atoms with van der Waals surface area (Å²) >= 11 is 0. The summed E-state index contributed by atoms with van der Waals surface area (Å²) in [5.41, 5.74) is 20.8. The molecule has 2 N–H and O–H groups in total. The monoisotopic (exact) mass is 1360 g/mol. The highest BCUT2D eigenvalue weighted by molar-refractivity contribution is 5.88. The Bertz CT molecular complexity index is 3710. The van der Waals surface area contributed by atoms with E-state index in [0.717, 1.165) is 158 Å². The van der Waals surface area contributed by atoms with Crippen LogP contribution < -0.4 is 0 Å². The van der Waals surface area contributed by atoms with Crippen molar-refractivity contribution in [3.63, 3.8) is 0 Å². The van der Waals surface area contributed by atoms with Crippen molar-refractivity contribution >= 4 is 11.9 Å². The molecule has 102 heavy (non-hydrogen) atoms. The molecule has 0 atom stereocenters. The predicted molar refractivity (Wildman–Crippen MR) is 433 cm³/mol. The zero-order valence-electron chi connectivity index (χ0n) is 64.2. The third-order valence-corrected chi connectivity index (χ3v) is 19.8. The van der Waals surface area contributed by atoms with Crippen LogP contribution >= 0.6 is 0 Å². The SMILES string of the molecule is CCCCCCc1cc(C#Cc2cc(CCCCCC)c(C#Cc3ccc(C(=O)O)cc3)cc2CCCCCC)c(CCCCCC)cc1C#CC#Cc1cc(CCCCCC)c(C#Cc2cc(CCCCCC)c(C#Cc3ccc(C(=O)O)cc3)cc2CCCCCC)cc1CCCCCC. The van der Waals surface area contributed by atoms with Gasteiger partial charge in [-0.2, -0.15) is 0 Å². The number of carbonyl (C=O) groups is 2. The van der Waals surface area contributed by atoms with Gasteiger partial charge in [-0.15, -0.1) is 0 Å². The summed E-state index contributed by atoms with van der Waals surface area (Å²) < 4.78 is 0. The normalized spacial score (nSPS) is 10.6. The van der Waals surface area contributed by atoms with Crippen molar-refractivity contribution in [3.05, 3.63) is 208 Å². The van der Waals surface area contributed by atoms with Crippen molar-refractivity contribution in [1.82, 2.24) is 0 Å². The van der Waals surface area contributed by atoms with Crippen molar-refractivity contribution in [3.8, 4) is 71.0 Å². The molecule has 0 aliphatic carbocycles. The second-order valence-corrected chi connectivity index (χ2v) is 28.4. The minimum atomic E-state index is -0.934. The van der Waals surface area contributed by atoms with Crippen molar-refractivity contribution < 1.29 is 19.8 Å². The van der Waals surface area contributed by atoms with Crippen molar-refractivity contribution in [2.24, 2.45) is 0 Å². The van der Waals surface area contributed by atoms with Crippen LogP contribution in [-0.2, 0) is 51.4 Å². The molecule has 0 heterocycles. The molecular weight excluding hydrogens is 1240 g/mol. The fraction of sp³-hybridized carbons (Fsp3) is 0.490. The van der Waals surface area contributed by atoms with Gasteiger partial charge >= 0.3 is 11.9 Å². The summed E-state index contributed by atoms with van der Waals surface area (Å²) in [5.74, 6) is 41.7. The van der Waals surface area contributed by atoms with Crippen molar-refractivity contribution in [1.29, 1.82) is 0 Å². The van der Waals surface area contributed by atoms with Crippen LogP contribution in [0.5, 0.6) is 0 Å². The summed E-state index contributed by atoms with van der Waals surface area (Å²) in [6, 6.07) is 32.7. The molecule has 6 rings (SSSR count). The highest BCUT2D eigenvalue weighted by Gasteiger charge is 2.16. The molecule has 0 fully saturated rings. The maximum Gasteiger partial charge on any atom is 0.335 e. The Morgan fingerprint density at radius 3 is 0.559 bits per heavy atom. The third kappa shape index (κ3) is 29.9. The Balaban J connectivity index is 1.49. The first-order chi connectivity index (χ1) is 49.9. The van der Waals surface area contributed by atoms with E-state index in [1.54, 1.807) is 24.3 Å². The molecule has 0 radical (unpaired) electrons. The molecule has 0 spiro atoms. The quantitative estimate of drug-likeness (QED) is 0.0296. The molecule has 4 nitrogen and oxygen atoms in total. The van der Waals surface area contributed by atoms with E-state index in [-0.39, 0.29) is 11.1 Å². The largest absolute Gasteiger partial charge is 0.478 e. The number of carboxylic acid groups (broad SMARTS) is 2. The molecule has 0 unspecified atom stereocenters. The number of rotatable bonds is 42. The van der Waals surface area contributed by atoms with E-state index < -0.39 is 11.9 Å². The molecule has 6 aromatic carbocycles. The van der Waals surface area contributed by atoms with E-state index in [4.69, 9.17) is 0 Å². The zero-order valence-corrected chi connectivity index (χ0v) is 64.2. The van der Waals surface area contributed by atoms with Gasteiger partial charge in [0.1, 0.15) is 0 Å². The Morgan fingerprint density at radius 1 is 0.225 bits per heavy atom. The van der Waals surface area contributed by atoms with Crippen LogP contribution in [0.1, 0.15) is 382 Å². The molecule has 0 aromatic heterocycles. The van der Waals surface area contributed by atoms with Gasteiger partial charge in [0.15, 0.2) is 0 Å². The summed E-state index contributed by atoms with van der Waals surface area (Å²) in [6.07, 6.45) is 44.7. The maximum atomic E-state index is 11.7. The molecule has 0 saturated heterocycles. The Labute approximate surface area is 619 Å². The number of benzene rings is 6. The van der Waals surface area contributed by atoms with Gasteiger partial charge in [0.05, 0.1) is 11.1 Å². The molecule has 538 valence electrons. The van der Waals surface area contributed by atoms with E-state index >= 15 is 0 Å². The van der Waals surface area contributed by atoms with E-state index in [0.29, 0.717) is 0 Å². The lowest BCUT2D eigenvalue weighted by Gasteiger charge is -2.13. The number of unbranched alkanes of at least 4 members (excludes halogenated alkanes) is 24. The molecular formula is C98H122O4. The minimum Gasteiger partial charge on any atom is -0.478 e. The fourth-order valence-corrected chi connectivity index (χ4v) is 13.4. The highest BCUT2D eigenvalue weighted by atomic mass is 16.4. The van der Waals surface area contributed by atoms with Crippen LogP contribution in [0.4, 0.5) is 0 Å². The van der Waals surface area contributed by atoms with Gasteiger partial charge in [-0.25, -0.2) is 9.59 Å². The first-order valence-corrected chi connectivity index (χ1v) is 40.4. The van der Waals surface area contributed by atoms with Gasteiger partial charge in [0, 0.05) is 55.6 Å². The summed E-state index contributed by atoms with van der Waals surface area (Å²) in [4.78, 5) is 23.3. The molecule has 0 saturated carbocycles. The maximum absolute atomic E-state index is 11.7. The molecule has 0 bridgehead atoms. The average Bonchev–Trinajstić information content (AvgIpc) is 0.818. The minimum absolute atomic E-state index is 0.263. The van der Waals surface area contributed by atoms with Gasteiger partial charge in [-0.05, 0) is 256 Å². The van der Waals surface area contributed by atoms with Gasteiger partial charge in [-0.1, -0.05) is 269 Å². The summed E-state index contributed by atoms with van der Waals surface area (Å²) in [7, 11) is 0. The van der Waals surface area contributed by atoms with Crippen molar-refractivity contribution in [2.45, 2.75) is 312 Å². The number of hydrogen-bond acceptors (Lipinski definition) is 2. The van der Waals surface area contributed by atoms with Crippen LogP contribution in [0, 0.1) is 71.0 Å². The molecule has 0 amide bonds. The smallest absolute Gasteiger partial charge is 0.335 e. The standard InChI is InChI=1S/C98H122O4/c1-9-17-25-33-43-81-71-93(65-67-95-75-87(47-37-29-21-13-5)91(73-89(95)49-39-31-23-15-7)63-57-77-53-59-79(60-54-77)97(99)100)85(45-35-27-19-11-3)69-83(81)51-41-42-52-84-70-86(46-36-28-20-12-4)94(72-82(84)44-34-26-18-10-2)66-68-96-76-88(48-38-30-22-14-6)92(74-90(96)50-40-32-24-16-8)64-58-78-55-61-80(62-56-78)98(101)102/h53-56,59-62,69-76H,9-40,43-50H2,1-8H3,(H,99,100)(H,101,102). The second kappa shape index (κ2) is 49.3. The van der Waals surface area contributed by atoms with Crippen LogP contribution in [0.2, 0.25) is 0 Å². The molecule has 4 heteroatoms. The second-order valence-electron chi connectivity index (χ2n) is 28.4. The van der Waals surface area contributed by atoms with E-state index in [1.807, 2.05) is 24.3 Å². The van der Waals surface area contributed by atoms with Crippen LogP contribution in [0.3, 0.4) is 0 Å². The Hall–Kier alpha value is -8.38. The lowest BCUT2D eigenvalue weighted by molar-refractivity contribution is 0.0686. The van der Waals surface area contributed by atoms with Gasteiger partial charge in [0.2, 0.25) is 0 Å². The fourth-order valence-electron chi connectivity index (χ4n) is 13.4. The number of hydrogen-bond donors (Lipinski definition) is 2. The Kier molecular flexibility index (Phi) is 39.9. The first kappa shape index (κ1) is 82.6. The average molecular weight is 1360 g/mol. The lowest BCUT2D eigenvalue weighted by Crippen LogP contribution is -2.01.